The van der Waals surface area contributed by atoms with Crippen LogP contribution in [-0.2, 0) is 17.1 Å². The van der Waals surface area contributed by atoms with Gasteiger partial charge in [0.2, 0.25) is 0 Å². The summed E-state index contributed by atoms with van der Waals surface area (Å²) in [6, 6.07) is 20.6. The fourth-order valence-electron chi connectivity index (χ4n) is 3.25. The third-order valence-corrected chi connectivity index (χ3v) is 6.22. The number of aromatic nitrogens is 2. The normalized spacial score (nSPS) is 11.4. The van der Waals surface area contributed by atoms with Gasteiger partial charge in [-0.25, -0.2) is 13.4 Å². The van der Waals surface area contributed by atoms with Crippen molar-refractivity contribution in [2.24, 2.45) is 7.05 Å². The molecule has 1 heterocycles. The van der Waals surface area contributed by atoms with Crippen LogP contribution in [0.4, 0.5) is 5.69 Å². The first-order valence-corrected chi connectivity index (χ1v) is 10.7. The SMILES string of the molecule is CNC(=O)c1ccc(-c2nc3cc(NS(=O)(=O)c4ccccc4)ccc3n2C)cc1. The predicted molar refractivity (Wildman–Crippen MR) is 117 cm³/mol. The summed E-state index contributed by atoms with van der Waals surface area (Å²) in [5.74, 6) is 0.568. The van der Waals surface area contributed by atoms with Crippen LogP contribution in [0.1, 0.15) is 10.4 Å². The number of nitrogens with zero attached hydrogens (tertiary/aromatic N) is 2. The van der Waals surface area contributed by atoms with Crippen LogP contribution in [0, 0.1) is 0 Å². The molecule has 0 aliphatic heterocycles. The van der Waals surface area contributed by atoms with E-state index >= 15 is 0 Å². The Balaban J connectivity index is 1.67. The van der Waals surface area contributed by atoms with Crippen LogP contribution in [0.2, 0.25) is 0 Å². The minimum absolute atomic E-state index is 0.151. The number of rotatable bonds is 5. The Morgan fingerprint density at radius 3 is 2.33 bits per heavy atom. The molecule has 2 N–H and O–H groups in total. The summed E-state index contributed by atoms with van der Waals surface area (Å²) in [7, 11) is -0.193. The number of aryl methyl sites for hydroxylation is 1. The molecule has 0 saturated heterocycles. The van der Waals surface area contributed by atoms with Crippen molar-refractivity contribution in [1.29, 1.82) is 0 Å². The minimum atomic E-state index is -3.68. The molecule has 1 aromatic heterocycles. The van der Waals surface area contributed by atoms with Crippen LogP contribution in [0.5, 0.6) is 0 Å². The number of imidazole rings is 1. The highest BCUT2D eigenvalue weighted by molar-refractivity contribution is 7.92. The first kappa shape index (κ1) is 19.7. The van der Waals surface area contributed by atoms with Crippen LogP contribution in [-0.4, -0.2) is 30.9 Å². The standard InChI is InChI=1S/C22H20N4O3S/c1-23-22(27)16-10-8-15(9-11-16)21-24-19-14-17(12-13-20(19)26(21)2)25-30(28,29)18-6-4-3-5-7-18/h3-14,25H,1-2H3,(H,23,27). The van der Waals surface area contributed by atoms with Gasteiger partial charge in [0.1, 0.15) is 5.82 Å². The average molecular weight is 420 g/mol. The number of hydrogen-bond donors (Lipinski definition) is 2. The minimum Gasteiger partial charge on any atom is -0.355 e. The molecule has 0 unspecified atom stereocenters. The lowest BCUT2D eigenvalue weighted by Gasteiger charge is -2.08. The smallest absolute Gasteiger partial charge is 0.261 e. The molecule has 0 radical (unpaired) electrons. The third kappa shape index (κ3) is 3.65. The molecule has 4 rings (SSSR count). The number of amides is 1. The lowest BCUT2D eigenvalue weighted by molar-refractivity contribution is 0.0963. The largest absolute Gasteiger partial charge is 0.355 e. The van der Waals surface area contributed by atoms with Crippen molar-refractivity contribution in [3.63, 3.8) is 0 Å². The van der Waals surface area contributed by atoms with Crippen LogP contribution >= 0.6 is 0 Å². The molecule has 7 nitrogen and oxygen atoms in total. The number of anilines is 1. The summed E-state index contributed by atoms with van der Waals surface area (Å²) < 4.78 is 29.7. The molecule has 0 aliphatic carbocycles. The number of benzene rings is 3. The van der Waals surface area contributed by atoms with Crippen molar-refractivity contribution in [2.75, 3.05) is 11.8 Å². The van der Waals surface area contributed by atoms with Gasteiger partial charge < -0.3 is 9.88 Å². The Hall–Kier alpha value is -3.65. The molecule has 0 bridgehead atoms. The fraction of sp³-hybridized carbons (Fsp3) is 0.0909. The van der Waals surface area contributed by atoms with Gasteiger partial charge in [-0.1, -0.05) is 30.3 Å². The molecule has 1 amide bonds. The Kier molecular flexibility index (Phi) is 5.01. The first-order valence-electron chi connectivity index (χ1n) is 9.26. The summed E-state index contributed by atoms with van der Waals surface area (Å²) >= 11 is 0. The summed E-state index contributed by atoms with van der Waals surface area (Å²) in [6.07, 6.45) is 0. The molecule has 0 saturated carbocycles. The van der Waals surface area contributed by atoms with Crippen molar-refractivity contribution in [1.82, 2.24) is 14.9 Å². The zero-order valence-corrected chi connectivity index (χ0v) is 17.3. The van der Waals surface area contributed by atoms with E-state index in [9.17, 15) is 13.2 Å². The Morgan fingerprint density at radius 1 is 0.967 bits per heavy atom. The van der Waals surface area contributed by atoms with Crippen molar-refractivity contribution in [3.8, 4) is 11.4 Å². The average Bonchev–Trinajstić information content (AvgIpc) is 3.09. The molecular weight excluding hydrogens is 400 g/mol. The topological polar surface area (TPSA) is 93.1 Å². The quantitative estimate of drug-likeness (QED) is 0.518. The zero-order valence-electron chi connectivity index (χ0n) is 16.5. The maximum Gasteiger partial charge on any atom is 0.261 e. The maximum absolute atomic E-state index is 12.6. The summed E-state index contributed by atoms with van der Waals surface area (Å²) in [4.78, 5) is 16.6. The zero-order chi connectivity index (χ0) is 21.3. The second kappa shape index (κ2) is 7.64. The molecule has 3 aromatic carbocycles. The van der Waals surface area contributed by atoms with Crippen molar-refractivity contribution in [2.45, 2.75) is 4.90 Å². The van der Waals surface area contributed by atoms with Gasteiger partial charge in [-0.2, -0.15) is 0 Å². The van der Waals surface area contributed by atoms with Crippen molar-refractivity contribution in [3.05, 3.63) is 78.4 Å². The molecule has 0 fully saturated rings. The molecule has 0 spiro atoms. The van der Waals surface area contributed by atoms with Gasteiger partial charge in [0, 0.05) is 25.2 Å². The van der Waals surface area contributed by atoms with Crippen molar-refractivity contribution >= 4 is 32.7 Å². The van der Waals surface area contributed by atoms with Gasteiger partial charge in [-0.05, 0) is 42.5 Å². The van der Waals surface area contributed by atoms with Crippen LogP contribution in [0.15, 0.2) is 77.7 Å². The van der Waals surface area contributed by atoms with E-state index < -0.39 is 10.0 Å². The lowest BCUT2D eigenvalue weighted by atomic mass is 10.1. The highest BCUT2D eigenvalue weighted by Crippen LogP contribution is 2.27. The second-order valence-electron chi connectivity index (χ2n) is 6.77. The van der Waals surface area contributed by atoms with Gasteiger partial charge in [-0.15, -0.1) is 0 Å². The second-order valence-corrected chi connectivity index (χ2v) is 8.46. The van der Waals surface area contributed by atoms with E-state index in [1.807, 2.05) is 29.8 Å². The van der Waals surface area contributed by atoms with Gasteiger partial charge in [0.05, 0.1) is 21.6 Å². The number of carbonyl (C=O) groups is 1. The molecule has 30 heavy (non-hydrogen) atoms. The first-order chi connectivity index (χ1) is 14.4. The highest BCUT2D eigenvalue weighted by Gasteiger charge is 2.16. The molecule has 0 aliphatic rings. The van der Waals surface area contributed by atoms with E-state index in [2.05, 4.69) is 15.0 Å². The Bertz CT molecular complexity index is 1330. The monoisotopic (exact) mass is 420 g/mol. The van der Waals surface area contributed by atoms with E-state index in [4.69, 9.17) is 0 Å². The maximum atomic E-state index is 12.6. The van der Waals surface area contributed by atoms with Crippen LogP contribution in [0.3, 0.4) is 0 Å². The van der Waals surface area contributed by atoms with Gasteiger partial charge in [-0.3, -0.25) is 9.52 Å². The molecule has 8 heteroatoms. The summed E-state index contributed by atoms with van der Waals surface area (Å²) in [5.41, 5.74) is 3.38. The summed E-state index contributed by atoms with van der Waals surface area (Å²) in [5, 5.41) is 2.59. The predicted octanol–water partition coefficient (Wildman–Crippen LogP) is 3.40. The number of hydrogen-bond acceptors (Lipinski definition) is 4. The van der Waals surface area contributed by atoms with Crippen LogP contribution in [0.25, 0.3) is 22.4 Å². The lowest BCUT2D eigenvalue weighted by Crippen LogP contribution is -2.17. The van der Waals surface area contributed by atoms with Gasteiger partial charge in [0.15, 0.2) is 0 Å². The van der Waals surface area contributed by atoms with Gasteiger partial charge >= 0.3 is 0 Å². The van der Waals surface area contributed by atoms with E-state index in [0.29, 0.717) is 16.8 Å². The number of nitrogens with one attached hydrogen (secondary N) is 2. The molecule has 152 valence electrons. The summed E-state index contributed by atoms with van der Waals surface area (Å²) in [6.45, 7) is 0. The van der Waals surface area contributed by atoms with Crippen LogP contribution < -0.4 is 10.0 Å². The van der Waals surface area contributed by atoms with Crippen molar-refractivity contribution < 1.29 is 13.2 Å². The van der Waals surface area contributed by atoms with E-state index in [1.54, 1.807) is 61.6 Å². The Labute approximate surface area is 174 Å². The highest BCUT2D eigenvalue weighted by atomic mass is 32.2. The third-order valence-electron chi connectivity index (χ3n) is 4.82. The number of fused-ring (bicyclic) bond motifs is 1. The number of sulfonamides is 1. The molecular formula is C22H20N4O3S. The number of carbonyl (C=O) groups excluding carboxylic acids is 1. The van der Waals surface area contributed by atoms with E-state index in [-0.39, 0.29) is 10.8 Å². The molecule has 0 atom stereocenters. The van der Waals surface area contributed by atoms with Gasteiger partial charge in [0.25, 0.3) is 15.9 Å². The fourth-order valence-corrected chi connectivity index (χ4v) is 4.32. The van der Waals surface area contributed by atoms with E-state index in [0.717, 1.165) is 16.9 Å². The Morgan fingerprint density at radius 2 is 1.67 bits per heavy atom. The molecule has 4 aromatic rings. The van der Waals surface area contributed by atoms with E-state index in [1.165, 1.54) is 0 Å².